The van der Waals surface area contributed by atoms with Gasteiger partial charge >= 0.3 is 0 Å². The average Bonchev–Trinajstić information content (AvgIpc) is 2.68. The molecule has 0 aromatic carbocycles. The molecule has 82 valence electrons. The molecule has 0 N–H and O–H groups in total. The molecule has 0 bridgehead atoms. The number of hydrogen-bond donors (Lipinski definition) is 0. The van der Waals surface area contributed by atoms with Crippen LogP contribution >= 0.6 is 0 Å². The molecule has 0 spiro atoms. The van der Waals surface area contributed by atoms with Gasteiger partial charge in [-0.25, -0.2) is 0 Å². The summed E-state index contributed by atoms with van der Waals surface area (Å²) in [6, 6.07) is 5.37. The van der Waals surface area contributed by atoms with Gasteiger partial charge in [0, 0.05) is 24.9 Å². The first kappa shape index (κ1) is 12.4. The van der Waals surface area contributed by atoms with Gasteiger partial charge < -0.3 is 0 Å². The van der Waals surface area contributed by atoms with Crippen molar-refractivity contribution in [3.05, 3.63) is 0 Å². The van der Waals surface area contributed by atoms with Crippen LogP contribution in [0.15, 0.2) is 0 Å². The summed E-state index contributed by atoms with van der Waals surface area (Å²) in [6.07, 6.45) is 4.89. The number of hydrogen-bond acceptors (Lipinski definition) is 0. The van der Waals surface area contributed by atoms with Crippen molar-refractivity contribution in [1.29, 1.82) is 0 Å². The van der Waals surface area contributed by atoms with Crippen LogP contribution in [-0.2, 0) is 0 Å². The zero-order valence-corrected chi connectivity index (χ0v) is 11.2. The first-order valence-electron chi connectivity index (χ1n) is 6.24. The normalized spacial score (nSPS) is 17.5. The van der Waals surface area contributed by atoms with Gasteiger partial charge in [-0.05, 0) is 0 Å². The third kappa shape index (κ3) is 4.14. The highest BCUT2D eigenvalue weighted by atomic mass is 28.3. The Labute approximate surface area is 95.9 Å². The molecule has 0 radical (unpaired) electrons. The molecule has 1 saturated heterocycles. The fourth-order valence-electron chi connectivity index (χ4n) is 2.29. The maximum atomic E-state index is 3.39. The standard InChI is InChI=1S/C14H22Si/c1-3-5-7-11-15(12-8-6-4-2)13-9-10-14-15/h3-4,9-14H2,1-2H3. The summed E-state index contributed by atoms with van der Waals surface area (Å²) in [5.41, 5.74) is 0. The summed E-state index contributed by atoms with van der Waals surface area (Å²) in [4.78, 5) is 0. The Hall–Kier alpha value is -0.663. The molecular weight excluding hydrogens is 196 g/mol. The molecule has 1 aliphatic rings. The Morgan fingerprint density at radius 2 is 1.27 bits per heavy atom. The van der Waals surface area contributed by atoms with Gasteiger partial charge in [0.15, 0.2) is 0 Å². The first-order valence-corrected chi connectivity index (χ1v) is 9.07. The topological polar surface area (TPSA) is 0 Å². The lowest BCUT2D eigenvalue weighted by molar-refractivity contribution is 0.935. The van der Waals surface area contributed by atoms with E-state index in [4.69, 9.17) is 0 Å². The molecule has 0 nitrogen and oxygen atoms in total. The second kappa shape index (κ2) is 6.75. The van der Waals surface area contributed by atoms with Crippen LogP contribution in [0.25, 0.3) is 0 Å². The van der Waals surface area contributed by atoms with E-state index in [9.17, 15) is 0 Å². The predicted octanol–water partition coefficient (Wildman–Crippen LogP) is 4.06. The highest BCUT2D eigenvalue weighted by molar-refractivity contribution is 6.81. The molecule has 0 aliphatic carbocycles. The van der Waals surface area contributed by atoms with Gasteiger partial charge in [0.2, 0.25) is 0 Å². The molecule has 0 aromatic heterocycles. The van der Waals surface area contributed by atoms with Crippen LogP contribution in [0.4, 0.5) is 0 Å². The van der Waals surface area contributed by atoms with Crippen molar-refractivity contribution in [3.8, 4) is 23.7 Å². The fourth-order valence-corrected chi connectivity index (χ4v) is 6.37. The van der Waals surface area contributed by atoms with Gasteiger partial charge in [-0.2, -0.15) is 0 Å². The van der Waals surface area contributed by atoms with Crippen molar-refractivity contribution >= 4 is 8.07 Å². The average molecular weight is 218 g/mol. The molecule has 0 amide bonds. The quantitative estimate of drug-likeness (QED) is 0.484. The van der Waals surface area contributed by atoms with E-state index in [1.807, 2.05) is 0 Å². The Morgan fingerprint density at radius 1 is 0.800 bits per heavy atom. The van der Waals surface area contributed by atoms with Crippen molar-refractivity contribution in [1.82, 2.24) is 0 Å². The molecule has 0 aromatic rings. The molecule has 0 unspecified atom stereocenters. The van der Waals surface area contributed by atoms with Crippen LogP contribution in [0.1, 0.15) is 39.5 Å². The maximum Gasteiger partial charge on any atom is 0.0789 e. The minimum Gasteiger partial charge on any atom is -0.106 e. The molecule has 1 fully saturated rings. The molecule has 1 rings (SSSR count). The van der Waals surface area contributed by atoms with Crippen LogP contribution in [0, 0.1) is 23.7 Å². The molecule has 0 atom stereocenters. The predicted molar refractivity (Wildman–Crippen MR) is 70.4 cm³/mol. The lowest BCUT2D eigenvalue weighted by Crippen LogP contribution is -2.28. The van der Waals surface area contributed by atoms with E-state index in [0.717, 1.165) is 12.8 Å². The summed E-state index contributed by atoms with van der Waals surface area (Å²) in [6.45, 7) is 4.26. The summed E-state index contributed by atoms with van der Waals surface area (Å²) in [7, 11) is -1.05. The first-order chi connectivity index (χ1) is 7.33. The minimum atomic E-state index is -1.05. The molecule has 1 heteroatoms. The van der Waals surface area contributed by atoms with Gasteiger partial charge in [0.1, 0.15) is 0 Å². The smallest absolute Gasteiger partial charge is 0.0789 e. The van der Waals surface area contributed by atoms with E-state index in [1.165, 1.54) is 37.0 Å². The maximum absolute atomic E-state index is 3.39. The summed E-state index contributed by atoms with van der Waals surface area (Å²) >= 11 is 0. The van der Waals surface area contributed by atoms with Crippen molar-refractivity contribution in [2.45, 2.75) is 63.7 Å². The monoisotopic (exact) mass is 218 g/mol. The zero-order chi connectivity index (χ0) is 11.0. The van der Waals surface area contributed by atoms with Crippen molar-refractivity contribution < 1.29 is 0 Å². The van der Waals surface area contributed by atoms with Crippen LogP contribution in [0.2, 0.25) is 24.2 Å². The zero-order valence-electron chi connectivity index (χ0n) is 10.2. The molecule has 1 aliphatic heterocycles. The van der Waals surface area contributed by atoms with Crippen molar-refractivity contribution in [2.75, 3.05) is 0 Å². The van der Waals surface area contributed by atoms with E-state index in [2.05, 4.69) is 37.5 Å². The highest BCUT2D eigenvalue weighted by Gasteiger charge is 2.34. The molecule has 15 heavy (non-hydrogen) atoms. The third-order valence-electron chi connectivity index (χ3n) is 3.19. The van der Waals surface area contributed by atoms with Gasteiger partial charge in [-0.3, -0.25) is 0 Å². The summed E-state index contributed by atoms with van der Waals surface area (Å²) in [5, 5.41) is 0. The van der Waals surface area contributed by atoms with E-state index < -0.39 is 8.07 Å². The van der Waals surface area contributed by atoms with Crippen LogP contribution in [-0.4, -0.2) is 8.07 Å². The fraction of sp³-hybridized carbons (Fsp3) is 0.714. The second-order valence-corrected chi connectivity index (χ2v) is 9.18. The largest absolute Gasteiger partial charge is 0.106 e. The molecule has 1 heterocycles. The van der Waals surface area contributed by atoms with Gasteiger partial charge in [0.05, 0.1) is 8.07 Å². The van der Waals surface area contributed by atoms with E-state index in [-0.39, 0.29) is 0 Å². The van der Waals surface area contributed by atoms with Crippen LogP contribution in [0.3, 0.4) is 0 Å². The Balaban J connectivity index is 2.53. The third-order valence-corrected chi connectivity index (χ3v) is 7.88. The Kier molecular flexibility index (Phi) is 5.59. The van der Waals surface area contributed by atoms with Crippen molar-refractivity contribution in [2.24, 2.45) is 0 Å². The summed E-state index contributed by atoms with van der Waals surface area (Å²) in [5.74, 6) is 13.2. The van der Waals surface area contributed by atoms with E-state index >= 15 is 0 Å². The minimum absolute atomic E-state index is 1.01. The van der Waals surface area contributed by atoms with Gasteiger partial charge in [-0.15, -0.1) is 23.7 Å². The SMILES string of the molecule is CCC#CC[Si]1(CC#CCC)CCCC1. The highest BCUT2D eigenvalue weighted by Crippen LogP contribution is 2.35. The second-order valence-electron chi connectivity index (χ2n) is 4.47. The Bertz CT molecular complexity index is 263. The van der Waals surface area contributed by atoms with Gasteiger partial charge in [-0.1, -0.05) is 38.8 Å². The van der Waals surface area contributed by atoms with Crippen molar-refractivity contribution in [3.63, 3.8) is 0 Å². The van der Waals surface area contributed by atoms with Crippen LogP contribution < -0.4 is 0 Å². The van der Waals surface area contributed by atoms with E-state index in [1.54, 1.807) is 0 Å². The van der Waals surface area contributed by atoms with Gasteiger partial charge in [0.25, 0.3) is 0 Å². The molecule has 0 saturated carbocycles. The summed E-state index contributed by atoms with van der Waals surface area (Å²) < 4.78 is 0. The number of rotatable bonds is 2. The van der Waals surface area contributed by atoms with E-state index in [0.29, 0.717) is 0 Å². The lowest BCUT2D eigenvalue weighted by atomic mass is 10.4. The molecular formula is C14H22Si. The van der Waals surface area contributed by atoms with Crippen LogP contribution in [0.5, 0.6) is 0 Å². The Morgan fingerprint density at radius 3 is 1.67 bits per heavy atom. The lowest BCUT2D eigenvalue weighted by Gasteiger charge is -2.20.